The van der Waals surface area contributed by atoms with Crippen LogP contribution in [0.1, 0.15) is 13.8 Å². The van der Waals surface area contributed by atoms with Crippen molar-refractivity contribution in [1.29, 1.82) is 0 Å². The Morgan fingerprint density at radius 2 is 1.76 bits per heavy atom. The molecule has 0 fully saturated rings. The summed E-state index contributed by atoms with van der Waals surface area (Å²) in [6.45, 7) is 2.43. The molecule has 1 aromatic heterocycles. The van der Waals surface area contributed by atoms with E-state index in [2.05, 4.69) is 4.98 Å². The number of aliphatic hydroxyl groups is 1. The third kappa shape index (κ3) is 3.75. The molecule has 3 aromatic rings. The molecule has 0 aliphatic rings. The van der Waals surface area contributed by atoms with Crippen molar-refractivity contribution >= 4 is 27.8 Å². The predicted molar refractivity (Wildman–Crippen MR) is 93.4 cm³/mol. The van der Waals surface area contributed by atoms with Gasteiger partial charge in [-0.3, -0.25) is 11.5 Å². The SMILES string of the molecule is CC(N)(N)OC(C)(O)C(=O)Oc1cccc2nc3ccccc3cc12. The van der Waals surface area contributed by atoms with Crippen LogP contribution < -0.4 is 16.2 Å². The zero-order valence-electron chi connectivity index (χ0n) is 13.9. The van der Waals surface area contributed by atoms with Gasteiger partial charge in [0, 0.05) is 17.7 Å². The van der Waals surface area contributed by atoms with Gasteiger partial charge in [-0.2, -0.15) is 0 Å². The van der Waals surface area contributed by atoms with Crippen LogP contribution in [-0.2, 0) is 9.53 Å². The summed E-state index contributed by atoms with van der Waals surface area (Å²) in [6, 6.07) is 14.6. The largest absolute Gasteiger partial charge is 0.422 e. The van der Waals surface area contributed by atoms with Gasteiger partial charge in [0.2, 0.25) is 0 Å². The molecule has 0 amide bonds. The van der Waals surface area contributed by atoms with E-state index in [1.807, 2.05) is 36.4 Å². The number of para-hydroxylation sites is 1. The van der Waals surface area contributed by atoms with E-state index in [1.54, 1.807) is 12.1 Å². The highest BCUT2D eigenvalue weighted by atomic mass is 16.7. The van der Waals surface area contributed by atoms with Crippen LogP contribution in [0.4, 0.5) is 0 Å². The third-order valence-electron chi connectivity index (χ3n) is 3.52. The van der Waals surface area contributed by atoms with Gasteiger partial charge in [-0.05, 0) is 31.2 Å². The number of esters is 1. The summed E-state index contributed by atoms with van der Waals surface area (Å²) in [6.07, 6.45) is 0. The first-order valence-corrected chi connectivity index (χ1v) is 7.67. The average Bonchev–Trinajstić information content (AvgIpc) is 2.51. The van der Waals surface area contributed by atoms with Gasteiger partial charge in [0.1, 0.15) is 5.75 Å². The maximum atomic E-state index is 12.3. The van der Waals surface area contributed by atoms with Crippen molar-refractivity contribution in [3.63, 3.8) is 0 Å². The molecular weight excluding hydrogens is 322 g/mol. The van der Waals surface area contributed by atoms with E-state index in [4.69, 9.17) is 20.9 Å². The van der Waals surface area contributed by atoms with E-state index < -0.39 is 17.6 Å². The maximum absolute atomic E-state index is 12.3. The number of carbonyl (C=O) groups is 1. The summed E-state index contributed by atoms with van der Waals surface area (Å²) in [5, 5.41) is 11.7. The first-order valence-electron chi connectivity index (χ1n) is 7.67. The summed E-state index contributed by atoms with van der Waals surface area (Å²) in [5.41, 5.74) is 12.5. The van der Waals surface area contributed by atoms with Gasteiger partial charge in [-0.25, -0.2) is 9.78 Å². The van der Waals surface area contributed by atoms with E-state index >= 15 is 0 Å². The molecule has 0 saturated heterocycles. The number of ether oxygens (including phenoxy) is 2. The van der Waals surface area contributed by atoms with Gasteiger partial charge in [0.25, 0.3) is 5.79 Å². The highest BCUT2D eigenvalue weighted by Crippen LogP contribution is 2.29. The molecule has 2 aromatic carbocycles. The minimum absolute atomic E-state index is 0.250. The van der Waals surface area contributed by atoms with Crippen molar-refractivity contribution < 1.29 is 19.4 Å². The molecule has 0 radical (unpaired) electrons. The first kappa shape index (κ1) is 17.2. The topological polar surface area (TPSA) is 121 Å². The van der Waals surface area contributed by atoms with Gasteiger partial charge in [0.15, 0.2) is 5.85 Å². The Kier molecular flexibility index (Phi) is 4.18. The average molecular weight is 341 g/mol. The molecule has 3 rings (SSSR count). The zero-order valence-corrected chi connectivity index (χ0v) is 13.9. The maximum Gasteiger partial charge on any atom is 0.371 e. The second-order valence-corrected chi connectivity index (χ2v) is 6.16. The fourth-order valence-electron chi connectivity index (χ4n) is 2.53. The fraction of sp³-hybridized carbons (Fsp3) is 0.222. The lowest BCUT2D eigenvalue weighted by molar-refractivity contribution is -0.250. The van der Waals surface area contributed by atoms with Crippen LogP contribution in [0.2, 0.25) is 0 Å². The van der Waals surface area contributed by atoms with Crippen LogP contribution in [0.25, 0.3) is 21.8 Å². The number of pyridine rings is 1. The van der Waals surface area contributed by atoms with Crippen LogP contribution in [0.5, 0.6) is 5.75 Å². The van der Waals surface area contributed by atoms with Crippen LogP contribution in [0.15, 0.2) is 48.5 Å². The summed E-state index contributed by atoms with van der Waals surface area (Å²) >= 11 is 0. The third-order valence-corrected chi connectivity index (χ3v) is 3.52. The smallest absolute Gasteiger partial charge is 0.371 e. The number of carbonyl (C=O) groups excluding carboxylic acids is 1. The van der Waals surface area contributed by atoms with Crippen molar-refractivity contribution in [2.45, 2.75) is 25.5 Å². The second kappa shape index (κ2) is 6.05. The number of nitrogens with two attached hydrogens (primary N) is 2. The Hall–Kier alpha value is -2.58. The molecule has 5 N–H and O–H groups in total. The lowest BCUT2D eigenvalue weighted by Gasteiger charge is -2.29. The van der Waals surface area contributed by atoms with Crippen LogP contribution in [0, 0.1) is 0 Å². The van der Waals surface area contributed by atoms with Crippen LogP contribution in [0.3, 0.4) is 0 Å². The van der Waals surface area contributed by atoms with E-state index in [0.29, 0.717) is 10.9 Å². The summed E-state index contributed by atoms with van der Waals surface area (Å²) in [4.78, 5) is 16.8. The minimum Gasteiger partial charge on any atom is -0.422 e. The van der Waals surface area contributed by atoms with Crippen molar-refractivity contribution in [1.82, 2.24) is 4.98 Å². The number of nitrogens with zero attached hydrogens (tertiary/aromatic N) is 1. The Balaban J connectivity index is 1.98. The van der Waals surface area contributed by atoms with Crippen molar-refractivity contribution in [3.05, 3.63) is 48.5 Å². The monoisotopic (exact) mass is 341 g/mol. The van der Waals surface area contributed by atoms with Gasteiger partial charge < -0.3 is 14.6 Å². The van der Waals surface area contributed by atoms with E-state index in [1.165, 1.54) is 6.92 Å². The first-order chi connectivity index (χ1) is 11.7. The van der Waals surface area contributed by atoms with Gasteiger partial charge in [-0.15, -0.1) is 0 Å². The second-order valence-electron chi connectivity index (χ2n) is 6.16. The van der Waals surface area contributed by atoms with Crippen molar-refractivity contribution in [3.8, 4) is 5.75 Å². The number of rotatable bonds is 4. The van der Waals surface area contributed by atoms with Gasteiger partial charge in [-0.1, -0.05) is 24.3 Å². The Morgan fingerprint density at radius 1 is 1.08 bits per heavy atom. The van der Waals surface area contributed by atoms with Crippen LogP contribution in [-0.4, -0.2) is 27.7 Å². The van der Waals surface area contributed by atoms with E-state index in [-0.39, 0.29) is 5.75 Å². The molecule has 25 heavy (non-hydrogen) atoms. The highest BCUT2D eigenvalue weighted by Gasteiger charge is 2.39. The highest BCUT2D eigenvalue weighted by molar-refractivity contribution is 5.97. The molecule has 1 atom stereocenters. The zero-order chi connectivity index (χ0) is 18.2. The quantitative estimate of drug-likeness (QED) is 0.285. The molecule has 0 saturated carbocycles. The number of hydrogen-bond acceptors (Lipinski definition) is 7. The number of aromatic nitrogens is 1. The van der Waals surface area contributed by atoms with Crippen molar-refractivity contribution in [2.75, 3.05) is 0 Å². The van der Waals surface area contributed by atoms with Crippen molar-refractivity contribution in [2.24, 2.45) is 11.5 Å². The molecule has 1 heterocycles. The molecule has 0 spiro atoms. The molecule has 1 unspecified atom stereocenters. The molecule has 7 nitrogen and oxygen atoms in total. The van der Waals surface area contributed by atoms with E-state index in [9.17, 15) is 9.90 Å². The molecule has 0 aliphatic carbocycles. The molecule has 0 aliphatic heterocycles. The van der Waals surface area contributed by atoms with E-state index in [0.717, 1.165) is 17.8 Å². The lowest BCUT2D eigenvalue weighted by atomic mass is 10.1. The molecule has 130 valence electrons. The Bertz CT molecular complexity index is 948. The summed E-state index contributed by atoms with van der Waals surface area (Å²) in [7, 11) is 0. The molecular formula is C18H19N3O4. The number of fused-ring (bicyclic) bond motifs is 2. The standard InChI is InChI=1S/C18H19N3O4/c1-17(23,25-18(2,19)20)16(22)24-15-9-5-8-14-12(15)10-11-6-3-4-7-13(11)21-14/h3-10,23H,19-20H2,1-2H3. The summed E-state index contributed by atoms with van der Waals surface area (Å²) < 4.78 is 10.3. The summed E-state index contributed by atoms with van der Waals surface area (Å²) in [5.74, 6) is -4.78. The minimum atomic E-state index is -2.30. The Morgan fingerprint density at radius 3 is 2.48 bits per heavy atom. The molecule has 0 bridgehead atoms. The fourth-order valence-corrected chi connectivity index (χ4v) is 2.53. The number of hydrogen-bond donors (Lipinski definition) is 3. The lowest BCUT2D eigenvalue weighted by Crippen LogP contribution is -2.57. The number of benzene rings is 2. The molecule has 7 heteroatoms. The van der Waals surface area contributed by atoms with Gasteiger partial charge >= 0.3 is 5.97 Å². The normalized spacial score (nSPS) is 14.4. The predicted octanol–water partition coefficient (Wildman–Crippen LogP) is 1.61. The van der Waals surface area contributed by atoms with Gasteiger partial charge in [0.05, 0.1) is 11.0 Å². The van der Waals surface area contributed by atoms with Crippen LogP contribution >= 0.6 is 0 Å². The Labute approximate surface area is 144 Å².